The smallest absolute Gasteiger partial charge is 0.203 e. The van der Waals surface area contributed by atoms with Gasteiger partial charge < -0.3 is 14.2 Å². The zero-order valence-corrected chi connectivity index (χ0v) is 12.0. The normalized spacial score (nSPS) is 22.3. The summed E-state index contributed by atoms with van der Waals surface area (Å²) in [6.45, 7) is 2.19. The molecule has 0 heterocycles. The minimum absolute atomic E-state index is 0.0184. The summed E-state index contributed by atoms with van der Waals surface area (Å²) in [7, 11) is 4.90. The highest BCUT2D eigenvalue weighted by Gasteiger charge is 2.30. The van der Waals surface area contributed by atoms with Gasteiger partial charge in [-0.15, -0.1) is 11.6 Å². The zero-order valence-electron chi connectivity index (χ0n) is 11.2. The number of benzene rings is 1. The minimum atomic E-state index is 0.0184. The lowest BCUT2D eigenvalue weighted by Crippen LogP contribution is -2.12. The Morgan fingerprint density at radius 2 is 1.72 bits per heavy atom. The van der Waals surface area contributed by atoms with E-state index in [1.165, 1.54) is 0 Å². The molecule has 0 radical (unpaired) electrons. The van der Waals surface area contributed by atoms with Crippen molar-refractivity contribution in [1.82, 2.24) is 0 Å². The first-order valence-corrected chi connectivity index (χ1v) is 6.54. The standard InChI is InChI=1S/C14H19ClO3/c1-8-5-6-10(15)9-7-11(16-2)13(17-3)14(18-4)12(8)9/h7-8,10H,5-6H2,1-4H3. The van der Waals surface area contributed by atoms with E-state index in [0.717, 1.165) is 29.7 Å². The van der Waals surface area contributed by atoms with E-state index in [0.29, 0.717) is 17.4 Å². The molecule has 4 heteroatoms. The third kappa shape index (κ3) is 2.01. The molecule has 2 unspecified atom stereocenters. The van der Waals surface area contributed by atoms with Crippen molar-refractivity contribution in [1.29, 1.82) is 0 Å². The molecular weight excluding hydrogens is 252 g/mol. The fourth-order valence-electron chi connectivity index (χ4n) is 2.66. The predicted octanol–water partition coefficient (Wildman–Crippen LogP) is 3.89. The van der Waals surface area contributed by atoms with Gasteiger partial charge in [-0.25, -0.2) is 0 Å². The van der Waals surface area contributed by atoms with Crippen molar-refractivity contribution in [2.45, 2.75) is 31.1 Å². The van der Waals surface area contributed by atoms with E-state index < -0.39 is 0 Å². The van der Waals surface area contributed by atoms with Crippen molar-refractivity contribution >= 4 is 11.6 Å². The first-order chi connectivity index (χ1) is 8.63. The molecule has 0 saturated carbocycles. The summed E-state index contributed by atoms with van der Waals surface area (Å²) in [6, 6.07) is 1.98. The van der Waals surface area contributed by atoms with Crippen molar-refractivity contribution in [3.63, 3.8) is 0 Å². The maximum atomic E-state index is 6.41. The van der Waals surface area contributed by atoms with E-state index >= 15 is 0 Å². The zero-order chi connectivity index (χ0) is 13.3. The van der Waals surface area contributed by atoms with Crippen LogP contribution in [0.25, 0.3) is 0 Å². The number of ether oxygens (including phenoxy) is 3. The SMILES string of the molecule is COc1cc2c(c(OC)c1OC)C(C)CCC2Cl. The molecule has 0 amide bonds. The van der Waals surface area contributed by atoms with E-state index in [9.17, 15) is 0 Å². The number of methoxy groups -OCH3 is 3. The molecule has 3 nitrogen and oxygen atoms in total. The van der Waals surface area contributed by atoms with Gasteiger partial charge in [-0.1, -0.05) is 6.92 Å². The summed E-state index contributed by atoms with van der Waals surface area (Å²) >= 11 is 6.41. The monoisotopic (exact) mass is 270 g/mol. The van der Waals surface area contributed by atoms with Crippen molar-refractivity contribution in [2.24, 2.45) is 0 Å². The molecule has 2 atom stereocenters. The fraction of sp³-hybridized carbons (Fsp3) is 0.571. The summed E-state index contributed by atoms with van der Waals surface area (Å²) in [5, 5.41) is 0.0184. The van der Waals surface area contributed by atoms with Crippen LogP contribution in [-0.2, 0) is 0 Å². The summed E-state index contributed by atoms with van der Waals surface area (Å²) in [4.78, 5) is 0. The van der Waals surface area contributed by atoms with E-state index in [2.05, 4.69) is 6.92 Å². The van der Waals surface area contributed by atoms with Crippen LogP contribution < -0.4 is 14.2 Å². The van der Waals surface area contributed by atoms with Gasteiger partial charge in [-0.3, -0.25) is 0 Å². The molecule has 100 valence electrons. The summed E-state index contributed by atoms with van der Waals surface area (Å²) in [5.74, 6) is 2.50. The molecule has 2 rings (SSSR count). The number of hydrogen-bond acceptors (Lipinski definition) is 3. The maximum absolute atomic E-state index is 6.41. The van der Waals surface area contributed by atoms with Crippen LogP contribution in [0, 0.1) is 0 Å². The van der Waals surface area contributed by atoms with Crippen LogP contribution in [0.15, 0.2) is 6.07 Å². The van der Waals surface area contributed by atoms with E-state index in [4.69, 9.17) is 25.8 Å². The second kappa shape index (κ2) is 5.27. The molecule has 0 saturated heterocycles. The van der Waals surface area contributed by atoms with E-state index in [1.54, 1.807) is 21.3 Å². The van der Waals surface area contributed by atoms with Gasteiger partial charge in [0.15, 0.2) is 11.5 Å². The molecule has 1 aromatic carbocycles. The third-order valence-electron chi connectivity index (χ3n) is 3.58. The number of fused-ring (bicyclic) bond motifs is 1. The van der Waals surface area contributed by atoms with Crippen molar-refractivity contribution in [3.05, 3.63) is 17.2 Å². The Bertz CT molecular complexity index is 445. The highest BCUT2D eigenvalue weighted by Crippen LogP contribution is 2.51. The topological polar surface area (TPSA) is 27.7 Å². The molecule has 0 aromatic heterocycles. The number of rotatable bonds is 3. The molecule has 1 aromatic rings. The van der Waals surface area contributed by atoms with Gasteiger partial charge in [-0.2, -0.15) is 0 Å². The Morgan fingerprint density at radius 1 is 1.06 bits per heavy atom. The summed E-state index contributed by atoms with van der Waals surface area (Å²) in [6.07, 6.45) is 2.04. The molecular formula is C14H19ClO3. The van der Waals surface area contributed by atoms with Gasteiger partial charge in [0.05, 0.1) is 26.7 Å². The minimum Gasteiger partial charge on any atom is -0.493 e. The van der Waals surface area contributed by atoms with Crippen LogP contribution in [0.2, 0.25) is 0 Å². The Labute approximate surface area is 113 Å². The second-order valence-electron chi connectivity index (χ2n) is 4.59. The van der Waals surface area contributed by atoms with E-state index in [-0.39, 0.29) is 5.38 Å². The summed E-state index contributed by atoms with van der Waals surface area (Å²) in [5.41, 5.74) is 2.26. The quantitative estimate of drug-likeness (QED) is 0.780. The van der Waals surface area contributed by atoms with Crippen LogP contribution in [0.3, 0.4) is 0 Å². The predicted molar refractivity (Wildman–Crippen MR) is 72.3 cm³/mol. The highest BCUT2D eigenvalue weighted by atomic mass is 35.5. The first kappa shape index (κ1) is 13.3. The fourth-order valence-corrected chi connectivity index (χ4v) is 2.97. The van der Waals surface area contributed by atoms with Gasteiger partial charge in [0.1, 0.15) is 0 Å². The van der Waals surface area contributed by atoms with Crippen LogP contribution in [-0.4, -0.2) is 21.3 Å². The number of halogens is 1. The van der Waals surface area contributed by atoms with Crippen LogP contribution in [0.1, 0.15) is 42.2 Å². The first-order valence-electron chi connectivity index (χ1n) is 6.10. The Hall–Kier alpha value is -1.09. The average Bonchev–Trinajstić information content (AvgIpc) is 2.40. The van der Waals surface area contributed by atoms with Gasteiger partial charge in [-0.05, 0) is 30.4 Å². The van der Waals surface area contributed by atoms with Crippen LogP contribution >= 0.6 is 11.6 Å². The second-order valence-corrected chi connectivity index (χ2v) is 5.12. The lowest BCUT2D eigenvalue weighted by molar-refractivity contribution is 0.318. The van der Waals surface area contributed by atoms with Crippen molar-refractivity contribution in [3.8, 4) is 17.2 Å². The number of hydrogen-bond donors (Lipinski definition) is 0. The molecule has 1 aliphatic carbocycles. The Kier molecular flexibility index (Phi) is 3.91. The van der Waals surface area contributed by atoms with Crippen LogP contribution in [0.4, 0.5) is 0 Å². The Balaban J connectivity index is 2.70. The summed E-state index contributed by atoms with van der Waals surface area (Å²) < 4.78 is 16.3. The third-order valence-corrected chi connectivity index (χ3v) is 4.04. The van der Waals surface area contributed by atoms with Gasteiger partial charge in [0.2, 0.25) is 5.75 Å². The van der Waals surface area contributed by atoms with Crippen molar-refractivity contribution < 1.29 is 14.2 Å². The highest BCUT2D eigenvalue weighted by molar-refractivity contribution is 6.21. The molecule has 0 bridgehead atoms. The van der Waals surface area contributed by atoms with Gasteiger partial charge in [0.25, 0.3) is 0 Å². The molecule has 0 aliphatic heterocycles. The molecule has 18 heavy (non-hydrogen) atoms. The van der Waals surface area contributed by atoms with Gasteiger partial charge in [0, 0.05) is 5.56 Å². The number of alkyl halides is 1. The lowest BCUT2D eigenvalue weighted by atomic mass is 9.82. The van der Waals surface area contributed by atoms with Gasteiger partial charge >= 0.3 is 0 Å². The maximum Gasteiger partial charge on any atom is 0.203 e. The molecule has 1 aliphatic rings. The molecule has 0 fully saturated rings. The van der Waals surface area contributed by atoms with E-state index in [1.807, 2.05) is 6.07 Å². The average molecular weight is 271 g/mol. The molecule has 0 N–H and O–H groups in total. The lowest BCUT2D eigenvalue weighted by Gasteiger charge is -2.29. The Morgan fingerprint density at radius 3 is 2.28 bits per heavy atom. The van der Waals surface area contributed by atoms with Crippen LogP contribution in [0.5, 0.6) is 17.2 Å². The molecule has 0 spiro atoms. The largest absolute Gasteiger partial charge is 0.493 e. The van der Waals surface area contributed by atoms with Crippen molar-refractivity contribution in [2.75, 3.05) is 21.3 Å².